The molecule has 5 nitrogen and oxygen atoms in total. The minimum absolute atomic E-state index is 0.290. The van der Waals surface area contributed by atoms with E-state index in [9.17, 15) is 4.79 Å². The molecule has 0 fully saturated rings. The molecule has 0 saturated carbocycles. The highest BCUT2D eigenvalue weighted by Crippen LogP contribution is 2.38. The maximum absolute atomic E-state index is 11.0. The number of primary amides is 1. The van der Waals surface area contributed by atoms with Crippen molar-refractivity contribution < 1.29 is 14.3 Å². The zero-order valence-corrected chi connectivity index (χ0v) is 14.0. The number of carbonyl (C=O) groups excluding carboxylic acids is 1. The summed E-state index contributed by atoms with van der Waals surface area (Å²) in [5.41, 5.74) is 5.97. The molecule has 0 unspecified atom stereocenters. The van der Waals surface area contributed by atoms with Crippen LogP contribution in [0.2, 0.25) is 0 Å². The standard InChI is InChI=1S/C15H21BrN2O3/c1-15(2,8-13(17)19)18-9-10-6-11(16)14-12(7-10)20-4-3-5-21-14/h6-7,18H,3-5,8-9H2,1-2H3,(H2,17,19). The van der Waals surface area contributed by atoms with E-state index < -0.39 is 0 Å². The number of benzene rings is 1. The second kappa shape index (κ2) is 6.66. The van der Waals surface area contributed by atoms with Crippen molar-refractivity contribution >= 4 is 21.8 Å². The Balaban J connectivity index is 2.09. The van der Waals surface area contributed by atoms with Gasteiger partial charge in [0.15, 0.2) is 11.5 Å². The van der Waals surface area contributed by atoms with Gasteiger partial charge in [0, 0.05) is 24.9 Å². The lowest BCUT2D eigenvalue weighted by Gasteiger charge is -2.25. The van der Waals surface area contributed by atoms with Gasteiger partial charge in [-0.2, -0.15) is 0 Å². The van der Waals surface area contributed by atoms with E-state index in [2.05, 4.69) is 21.2 Å². The Morgan fingerprint density at radius 1 is 1.38 bits per heavy atom. The van der Waals surface area contributed by atoms with Crippen LogP contribution in [0, 0.1) is 0 Å². The monoisotopic (exact) mass is 356 g/mol. The van der Waals surface area contributed by atoms with Crippen LogP contribution in [0.3, 0.4) is 0 Å². The van der Waals surface area contributed by atoms with Crippen LogP contribution in [-0.4, -0.2) is 24.7 Å². The first-order valence-corrected chi connectivity index (χ1v) is 7.78. The Bertz CT molecular complexity index is 532. The first kappa shape index (κ1) is 16.1. The van der Waals surface area contributed by atoms with Crippen LogP contribution >= 0.6 is 15.9 Å². The van der Waals surface area contributed by atoms with Crippen LogP contribution in [0.4, 0.5) is 0 Å². The van der Waals surface area contributed by atoms with E-state index >= 15 is 0 Å². The number of rotatable bonds is 5. The van der Waals surface area contributed by atoms with E-state index in [0.717, 1.165) is 28.0 Å². The van der Waals surface area contributed by atoms with Gasteiger partial charge in [-0.05, 0) is 47.5 Å². The molecule has 21 heavy (non-hydrogen) atoms. The van der Waals surface area contributed by atoms with Crippen molar-refractivity contribution in [3.8, 4) is 11.5 Å². The average Bonchev–Trinajstić information content (AvgIpc) is 2.60. The predicted octanol–water partition coefficient (Wildman–Crippen LogP) is 2.35. The fourth-order valence-electron chi connectivity index (χ4n) is 2.23. The van der Waals surface area contributed by atoms with Crippen molar-refractivity contribution in [2.45, 2.75) is 38.8 Å². The molecule has 1 aromatic carbocycles. The Morgan fingerprint density at radius 3 is 2.81 bits per heavy atom. The van der Waals surface area contributed by atoms with Gasteiger partial charge in [-0.25, -0.2) is 0 Å². The first-order chi connectivity index (χ1) is 9.87. The van der Waals surface area contributed by atoms with Crippen molar-refractivity contribution in [2.75, 3.05) is 13.2 Å². The van der Waals surface area contributed by atoms with Gasteiger partial charge in [-0.1, -0.05) is 0 Å². The summed E-state index contributed by atoms with van der Waals surface area (Å²) in [4.78, 5) is 11.0. The fraction of sp³-hybridized carbons (Fsp3) is 0.533. The molecule has 1 aliphatic heterocycles. The summed E-state index contributed by atoms with van der Waals surface area (Å²) in [7, 11) is 0. The van der Waals surface area contributed by atoms with Crippen molar-refractivity contribution in [1.29, 1.82) is 0 Å². The Hall–Kier alpha value is -1.27. The summed E-state index contributed by atoms with van der Waals surface area (Å²) < 4.78 is 12.3. The molecule has 1 aliphatic rings. The molecular formula is C15H21BrN2O3. The Kier molecular flexibility index (Phi) is 5.11. The number of carbonyl (C=O) groups is 1. The van der Waals surface area contributed by atoms with Crippen LogP contribution in [0.25, 0.3) is 0 Å². The van der Waals surface area contributed by atoms with Crippen molar-refractivity contribution in [3.05, 3.63) is 22.2 Å². The molecule has 116 valence electrons. The molecule has 1 aromatic rings. The van der Waals surface area contributed by atoms with E-state index in [0.29, 0.717) is 26.2 Å². The van der Waals surface area contributed by atoms with E-state index in [4.69, 9.17) is 15.2 Å². The lowest BCUT2D eigenvalue weighted by molar-refractivity contribution is -0.119. The molecule has 0 aromatic heterocycles. The third-order valence-electron chi connectivity index (χ3n) is 3.25. The summed E-state index contributed by atoms with van der Waals surface area (Å²) in [6.45, 7) is 5.85. The number of hydrogen-bond acceptors (Lipinski definition) is 4. The smallest absolute Gasteiger partial charge is 0.219 e. The average molecular weight is 357 g/mol. The van der Waals surface area contributed by atoms with Gasteiger partial charge < -0.3 is 20.5 Å². The summed E-state index contributed by atoms with van der Waals surface area (Å²) in [5, 5.41) is 3.34. The molecule has 6 heteroatoms. The molecular weight excluding hydrogens is 336 g/mol. The highest BCUT2D eigenvalue weighted by Gasteiger charge is 2.21. The Labute approximate surface area is 133 Å². The van der Waals surface area contributed by atoms with Gasteiger partial charge in [-0.15, -0.1) is 0 Å². The number of amides is 1. The lowest BCUT2D eigenvalue weighted by Crippen LogP contribution is -2.42. The zero-order chi connectivity index (χ0) is 15.5. The largest absolute Gasteiger partial charge is 0.490 e. The molecule has 0 spiro atoms. The maximum Gasteiger partial charge on any atom is 0.219 e. The normalized spacial score (nSPS) is 14.6. The van der Waals surface area contributed by atoms with Crippen LogP contribution in [0.5, 0.6) is 11.5 Å². The van der Waals surface area contributed by atoms with Crippen molar-refractivity contribution in [3.63, 3.8) is 0 Å². The molecule has 2 rings (SSSR count). The number of nitrogens with two attached hydrogens (primary N) is 1. The number of halogens is 1. The minimum Gasteiger partial charge on any atom is -0.490 e. The van der Waals surface area contributed by atoms with Crippen molar-refractivity contribution in [1.82, 2.24) is 5.32 Å². The number of fused-ring (bicyclic) bond motifs is 1. The number of nitrogens with one attached hydrogen (secondary N) is 1. The predicted molar refractivity (Wildman–Crippen MR) is 84.5 cm³/mol. The van der Waals surface area contributed by atoms with Gasteiger partial charge in [0.2, 0.25) is 5.91 Å². The Morgan fingerprint density at radius 2 is 2.10 bits per heavy atom. The first-order valence-electron chi connectivity index (χ1n) is 6.99. The van der Waals surface area contributed by atoms with Crippen LogP contribution < -0.4 is 20.5 Å². The van der Waals surface area contributed by atoms with Gasteiger partial charge in [0.1, 0.15) is 0 Å². The molecule has 0 bridgehead atoms. The molecule has 0 saturated heterocycles. The van der Waals surface area contributed by atoms with Crippen molar-refractivity contribution in [2.24, 2.45) is 5.73 Å². The van der Waals surface area contributed by atoms with Crippen LogP contribution in [-0.2, 0) is 11.3 Å². The lowest BCUT2D eigenvalue weighted by atomic mass is 10.00. The van der Waals surface area contributed by atoms with Gasteiger partial charge in [0.05, 0.1) is 17.7 Å². The minimum atomic E-state index is -0.345. The summed E-state index contributed by atoms with van der Waals surface area (Å²) in [6, 6.07) is 3.97. The second-order valence-corrected chi connectivity index (χ2v) is 6.69. The molecule has 0 atom stereocenters. The van der Waals surface area contributed by atoms with Gasteiger partial charge >= 0.3 is 0 Å². The molecule has 1 heterocycles. The molecule has 0 aliphatic carbocycles. The summed E-state index contributed by atoms with van der Waals surface area (Å²) >= 11 is 3.52. The second-order valence-electron chi connectivity index (χ2n) is 5.84. The highest BCUT2D eigenvalue weighted by molar-refractivity contribution is 9.10. The third-order valence-corrected chi connectivity index (χ3v) is 3.84. The molecule has 0 radical (unpaired) electrons. The van der Waals surface area contributed by atoms with Gasteiger partial charge in [-0.3, -0.25) is 4.79 Å². The zero-order valence-electron chi connectivity index (χ0n) is 12.4. The fourth-order valence-corrected chi connectivity index (χ4v) is 2.83. The third kappa shape index (κ3) is 4.61. The van der Waals surface area contributed by atoms with E-state index in [1.165, 1.54) is 0 Å². The van der Waals surface area contributed by atoms with Crippen LogP contribution in [0.15, 0.2) is 16.6 Å². The topological polar surface area (TPSA) is 73.6 Å². The van der Waals surface area contributed by atoms with E-state index in [1.807, 2.05) is 26.0 Å². The molecule has 3 N–H and O–H groups in total. The number of hydrogen-bond donors (Lipinski definition) is 2. The van der Waals surface area contributed by atoms with E-state index in [-0.39, 0.29) is 11.4 Å². The summed E-state index contributed by atoms with van der Waals surface area (Å²) in [5.74, 6) is 1.20. The molecule has 1 amide bonds. The summed E-state index contributed by atoms with van der Waals surface area (Å²) in [6.07, 6.45) is 1.17. The quantitative estimate of drug-likeness (QED) is 0.849. The van der Waals surface area contributed by atoms with Gasteiger partial charge in [0.25, 0.3) is 0 Å². The maximum atomic E-state index is 11.0. The highest BCUT2D eigenvalue weighted by atomic mass is 79.9. The number of ether oxygens (including phenoxy) is 2. The van der Waals surface area contributed by atoms with E-state index in [1.54, 1.807) is 0 Å². The van der Waals surface area contributed by atoms with Crippen LogP contribution in [0.1, 0.15) is 32.3 Å². The SMILES string of the molecule is CC(C)(CC(N)=O)NCc1cc(Br)c2c(c1)OCCCO2.